The highest BCUT2D eigenvalue weighted by Gasteiger charge is 2.40. The molecule has 4 N–H and O–H groups in total. The van der Waals surface area contributed by atoms with Crippen molar-refractivity contribution in [3.63, 3.8) is 0 Å². The summed E-state index contributed by atoms with van der Waals surface area (Å²) in [6.07, 6.45) is 9.63. The lowest BCUT2D eigenvalue weighted by Crippen LogP contribution is -2.33. The number of nitrogens with one attached hydrogen (secondary N) is 4. The number of hydrogen-bond acceptors (Lipinski definition) is 7. The maximum Gasteiger partial charge on any atom is 0.267 e. The Morgan fingerprint density at radius 2 is 1.72 bits per heavy atom. The fourth-order valence-corrected chi connectivity index (χ4v) is 9.17. The van der Waals surface area contributed by atoms with Gasteiger partial charge in [0, 0.05) is 71.6 Å². The number of unbranched alkanes of at least 4 members (excludes halogenated alkanes) is 2. The number of carbonyl (C=O) groups is 4. The smallest absolute Gasteiger partial charge is 0.267 e. The van der Waals surface area contributed by atoms with Gasteiger partial charge in [-0.3, -0.25) is 19.2 Å². The molecule has 12 nitrogen and oxygen atoms in total. The van der Waals surface area contributed by atoms with Crippen LogP contribution in [0.5, 0.6) is 0 Å². The highest BCUT2D eigenvalue weighted by molar-refractivity contribution is 6.14. The van der Waals surface area contributed by atoms with Crippen LogP contribution in [0.3, 0.4) is 0 Å². The summed E-state index contributed by atoms with van der Waals surface area (Å²) < 4.78 is 26.6. The van der Waals surface area contributed by atoms with E-state index in [-0.39, 0.29) is 54.0 Å². The number of halogens is 1. The number of aromatic amines is 1. The molecule has 0 bridgehead atoms. The van der Waals surface area contributed by atoms with E-state index >= 15 is 4.39 Å². The molecule has 2 aromatic carbocycles. The lowest BCUT2D eigenvalue weighted by atomic mass is 9.65. The van der Waals surface area contributed by atoms with E-state index in [1.54, 1.807) is 29.2 Å². The molecule has 0 fully saturated rings. The highest BCUT2D eigenvalue weighted by atomic mass is 19.1. The molecule has 1 aliphatic carbocycles. The minimum absolute atomic E-state index is 0.0579. The van der Waals surface area contributed by atoms with Crippen LogP contribution in [-0.4, -0.2) is 85.0 Å². The van der Waals surface area contributed by atoms with E-state index in [2.05, 4.69) is 99.7 Å². The Bertz CT molecular complexity index is 2560. The van der Waals surface area contributed by atoms with E-state index in [4.69, 9.17) is 9.47 Å². The molecular formula is C55H69FN6O6. The molecule has 6 rings (SSSR count). The molecule has 3 aromatic rings. The Morgan fingerprint density at radius 1 is 0.985 bits per heavy atom. The molecule has 2 aliphatic heterocycles. The number of benzene rings is 2. The molecule has 0 saturated heterocycles. The number of H-pyrrole nitrogens is 1. The second-order valence-corrected chi connectivity index (χ2v) is 19.4. The number of allylic oxidation sites excluding steroid dienone is 5. The van der Waals surface area contributed by atoms with Crippen LogP contribution in [0.4, 0.5) is 10.1 Å². The van der Waals surface area contributed by atoms with E-state index in [9.17, 15) is 19.2 Å². The Kier molecular flexibility index (Phi) is 16.3. The van der Waals surface area contributed by atoms with Crippen molar-refractivity contribution in [1.82, 2.24) is 25.4 Å². The number of hydrogen-bond donors (Lipinski definition) is 4. The second kappa shape index (κ2) is 21.8. The molecule has 3 unspecified atom stereocenters. The first-order valence-electron chi connectivity index (χ1n) is 23.6. The van der Waals surface area contributed by atoms with Crippen LogP contribution < -0.4 is 16.0 Å². The predicted molar refractivity (Wildman–Crippen MR) is 269 cm³/mol. The molecular weight excluding hydrogens is 860 g/mol. The van der Waals surface area contributed by atoms with Gasteiger partial charge in [0.25, 0.3) is 11.8 Å². The molecule has 3 heterocycles. The van der Waals surface area contributed by atoms with E-state index in [1.807, 2.05) is 37.9 Å². The summed E-state index contributed by atoms with van der Waals surface area (Å²) >= 11 is 0. The molecule has 0 spiro atoms. The number of nitrogens with zero attached hydrogens (tertiary/aromatic N) is 2. The molecule has 68 heavy (non-hydrogen) atoms. The largest absolute Gasteiger partial charge is 0.379 e. The summed E-state index contributed by atoms with van der Waals surface area (Å²) in [4.78, 5) is 57.7. The van der Waals surface area contributed by atoms with Crippen molar-refractivity contribution in [3.05, 3.63) is 142 Å². The zero-order valence-corrected chi connectivity index (χ0v) is 41.1. The third-order valence-corrected chi connectivity index (χ3v) is 13.6. The summed E-state index contributed by atoms with van der Waals surface area (Å²) in [6, 6.07) is 13.5. The van der Waals surface area contributed by atoms with Gasteiger partial charge in [0.15, 0.2) is 0 Å². The lowest BCUT2D eigenvalue weighted by molar-refractivity contribution is -0.117. The predicted octanol–water partition coefficient (Wildman–Crippen LogP) is 10.1. The number of carbonyl (C=O) groups excluding carboxylic acids is 4. The third kappa shape index (κ3) is 11.3. The average molecular weight is 929 g/mol. The number of amides is 4. The van der Waals surface area contributed by atoms with Crippen molar-refractivity contribution >= 4 is 46.8 Å². The van der Waals surface area contributed by atoms with Gasteiger partial charge in [-0.2, -0.15) is 0 Å². The Balaban J connectivity index is 0.927. The normalized spacial score (nSPS) is 18.3. The van der Waals surface area contributed by atoms with Crippen LogP contribution in [0, 0.1) is 5.92 Å². The number of ether oxygens (including phenoxy) is 2. The van der Waals surface area contributed by atoms with Crippen LogP contribution in [0.25, 0.3) is 17.0 Å². The van der Waals surface area contributed by atoms with Crippen molar-refractivity contribution in [1.29, 1.82) is 0 Å². The first kappa shape index (κ1) is 51.1. The molecule has 3 aliphatic rings. The zero-order chi connectivity index (χ0) is 49.5. The van der Waals surface area contributed by atoms with Crippen LogP contribution in [0.2, 0.25) is 0 Å². The Labute approximate surface area is 401 Å². The maximum absolute atomic E-state index is 15.2. The van der Waals surface area contributed by atoms with Crippen molar-refractivity contribution in [3.8, 4) is 0 Å². The van der Waals surface area contributed by atoms with Gasteiger partial charge in [-0.25, -0.2) is 4.39 Å². The van der Waals surface area contributed by atoms with E-state index in [0.29, 0.717) is 79.5 Å². The Hall–Kier alpha value is -6.31. The summed E-state index contributed by atoms with van der Waals surface area (Å²) in [5.74, 6) is -0.893. The van der Waals surface area contributed by atoms with Gasteiger partial charge in [-0.15, -0.1) is 0 Å². The summed E-state index contributed by atoms with van der Waals surface area (Å²) in [5.41, 5.74) is 9.82. The number of anilines is 1. The zero-order valence-electron chi connectivity index (χ0n) is 41.1. The monoisotopic (exact) mass is 929 g/mol. The summed E-state index contributed by atoms with van der Waals surface area (Å²) in [6.45, 7) is 28.9. The van der Waals surface area contributed by atoms with Gasteiger partial charge in [0.1, 0.15) is 11.5 Å². The number of fused-ring (bicyclic) bond motifs is 2. The van der Waals surface area contributed by atoms with Gasteiger partial charge in [0.05, 0.1) is 43.2 Å². The van der Waals surface area contributed by atoms with Crippen molar-refractivity contribution in [2.75, 3.05) is 45.3 Å². The van der Waals surface area contributed by atoms with Crippen LogP contribution in [0.1, 0.15) is 141 Å². The quantitative estimate of drug-likeness (QED) is 0.0580. The summed E-state index contributed by atoms with van der Waals surface area (Å²) in [5, 5.41) is 8.48. The van der Waals surface area contributed by atoms with Crippen LogP contribution >= 0.6 is 0 Å². The molecule has 4 amide bonds. The average Bonchev–Trinajstić information content (AvgIpc) is 3.85. The van der Waals surface area contributed by atoms with Gasteiger partial charge in [-0.1, -0.05) is 90.3 Å². The standard InChI is InChI=1S/C55H69FN6O6/c1-34-28-41(56)31-55(10,37(34)4)46-21-20-40(54(7,8)9)29-44(46)45-32-61(11)38(5)43-30-48(60-51(43)45)52(65)57-23-13-12-14-24-67-26-27-68-25-22-49(64)59-47-17-15-16-42-39(6)62(53(66)50(42)47)36(3)19-18-35(2)58-33-63/h15-17,20-21,28-33,36-37,60H,2,5-6,12-14,18-19,22-27H2,1,3-4,7-11H3,(H,57,65)(H,58,63)(H,59,64). The van der Waals surface area contributed by atoms with Crippen molar-refractivity contribution < 1.29 is 33.0 Å². The first-order chi connectivity index (χ1) is 32.3. The van der Waals surface area contributed by atoms with Crippen LogP contribution in [-0.2, 0) is 29.9 Å². The fourth-order valence-electron chi connectivity index (χ4n) is 9.17. The lowest BCUT2D eigenvalue weighted by Gasteiger charge is -2.39. The molecule has 362 valence electrons. The minimum atomic E-state index is -0.610. The highest BCUT2D eigenvalue weighted by Crippen LogP contribution is 2.48. The van der Waals surface area contributed by atoms with Crippen molar-refractivity contribution in [2.24, 2.45) is 5.92 Å². The maximum atomic E-state index is 15.2. The van der Waals surface area contributed by atoms with E-state index in [1.165, 1.54) is 0 Å². The van der Waals surface area contributed by atoms with E-state index < -0.39 is 5.41 Å². The van der Waals surface area contributed by atoms with Gasteiger partial charge in [0.2, 0.25) is 12.3 Å². The van der Waals surface area contributed by atoms with Crippen LogP contribution in [0.15, 0.2) is 97.7 Å². The summed E-state index contributed by atoms with van der Waals surface area (Å²) in [7, 11) is 1.95. The molecule has 3 atom stereocenters. The third-order valence-electron chi connectivity index (χ3n) is 13.6. The first-order valence-corrected chi connectivity index (χ1v) is 23.6. The topological polar surface area (TPSA) is 145 Å². The SMILES string of the molecule is C=C(CCC(C)N1C(=C)c2cccc(NC(=O)CCOCCOCCCCCNC(=O)c3cc4c([nH]3)C(c3cc(C(C)(C)C)ccc3C3(C)C=C(F)C=C(C)C3C)=CN(C)C4=C)c2C1=O)NC=O. The Morgan fingerprint density at radius 3 is 2.44 bits per heavy atom. The number of aromatic nitrogens is 1. The van der Waals surface area contributed by atoms with E-state index in [0.717, 1.165) is 64.1 Å². The molecule has 1 aromatic heterocycles. The van der Waals surface area contributed by atoms with Gasteiger partial charge < -0.3 is 40.2 Å². The molecule has 0 radical (unpaired) electrons. The van der Waals surface area contributed by atoms with Gasteiger partial charge >= 0.3 is 0 Å². The van der Waals surface area contributed by atoms with Gasteiger partial charge in [-0.05, 0) is 98.3 Å². The molecule has 0 saturated carbocycles. The fraction of sp³-hybridized carbons (Fsp3) is 0.418. The second-order valence-electron chi connectivity index (χ2n) is 19.4. The minimum Gasteiger partial charge on any atom is -0.379 e. The van der Waals surface area contributed by atoms with Crippen molar-refractivity contribution in [2.45, 2.75) is 104 Å². The molecule has 13 heteroatoms. The number of rotatable bonds is 22.